The summed E-state index contributed by atoms with van der Waals surface area (Å²) in [6, 6.07) is 19.0. The molecule has 0 aliphatic carbocycles. The van der Waals surface area contributed by atoms with E-state index >= 15 is 0 Å². The van der Waals surface area contributed by atoms with Gasteiger partial charge in [0.05, 0.1) is 12.1 Å². The SMILES string of the molecule is Cc1nc(Nc2ccc(OC(C)C)cc2)cc(C(=O)NC(C)c2ccccc2)n1. The zero-order valence-corrected chi connectivity index (χ0v) is 17.1. The van der Waals surface area contributed by atoms with E-state index in [0.29, 0.717) is 17.3 Å². The van der Waals surface area contributed by atoms with Crippen LogP contribution in [0.25, 0.3) is 0 Å². The molecule has 0 bridgehead atoms. The first kappa shape index (κ1) is 20.3. The topological polar surface area (TPSA) is 76.1 Å². The summed E-state index contributed by atoms with van der Waals surface area (Å²) in [4.78, 5) is 21.4. The lowest BCUT2D eigenvalue weighted by molar-refractivity contribution is 0.0934. The number of anilines is 2. The zero-order valence-electron chi connectivity index (χ0n) is 17.1. The number of hydrogen-bond acceptors (Lipinski definition) is 5. The number of carbonyl (C=O) groups excluding carboxylic acids is 1. The maximum Gasteiger partial charge on any atom is 0.270 e. The van der Waals surface area contributed by atoms with Crippen LogP contribution < -0.4 is 15.4 Å². The van der Waals surface area contributed by atoms with Crippen molar-refractivity contribution in [3.8, 4) is 5.75 Å². The van der Waals surface area contributed by atoms with Crippen LogP contribution in [0.2, 0.25) is 0 Å². The van der Waals surface area contributed by atoms with Crippen molar-refractivity contribution in [3.63, 3.8) is 0 Å². The van der Waals surface area contributed by atoms with Gasteiger partial charge in [-0.25, -0.2) is 9.97 Å². The Morgan fingerprint density at radius 3 is 2.31 bits per heavy atom. The van der Waals surface area contributed by atoms with E-state index in [1.165, 1.54) is 0 Å². The lowest BCUT2D eigenvalue weighted by Gasteiger charge is -2.15. The molecule has 1 aromatic heterocycles. The van der Waals surface area contributed by atoms with Gasteiger partial charge in [0.15, 0.2) is 0 Å². The zero-order chi connectivity index (χ0) is 20.8. The van der Waals surface area contributed by atoms with Crippen molar-refractivity contribution < 1.29 is 9.53 Å². The minimum Gasteiger partial charge on any atom is -0.491 e. The molecule has 3 aromatic rings. The van der Waals surface area contributed by atoms with Crippen molar-refractivity contribution in [2.24, 2.45) is 0 Å². The first-order chi connectivity index (χ1) is 13.9. The quantitative estimate of drug-likeness (QED) is 0.606. The van der Waals surface area contributed by atoms with Crippen LogP contribution in [0.15, 0.2) is 60.7 Å². The molecule has 1 atom stereocenters. The molecule has 0 saturated heterocycles. The molecular formula is C23H26N4O2. The lowest BCUT2D eigenvalue weighted by atomic mass is 10.1. The molecule has 1 amide bonds. The highest BCUT2D eigenvalue weighted by atomic mass is 16.5. The van der Waals surface area contributed by atoms with Gasteiger partial charge in [0.2, 0.25) is 0 Å². The normalized spacial score (nSPS) is 11.8. The number of ether oxygens (including phenoxy) is 1. The monoisotopic (exact) mass is 390 g/mol. The van der Waals surface area contributed by atoms with Gasteiger partial charge in [-0.15, -0.1) is 0 Å². The van der Waals surface area contributed by atoms with E-state index < -0.39 is 0 Å². The number of amides is 1. The summed E-state index contributed by atoms with van der Waals surface area (Å²) >= 11 is 0. The Kier molecular flexibility index (Phi) is 6.44. The van der Waals surface area contributed by atoms with Crippen molar-refractivity contribution in [2.45, 2.75) is 39.8 Å². The Hall–Kier alpha value is -3.41. The molecule has 0 saturated carbocycles. The molecule has 0 fully saturated rings. The summed E-state index contributed by atoms with van der Waals surface area (Å²) in [6.45, 7) is 7.69. The number of aromatic nitrogens is 2. The second kappa shape index (κ2) is 9.19. The molecule has 6 heteroatoms. The standard InChI is InChI=1S/C23H26N4O2/c1-15(2)29-20-12-10-19(11-13-20)27-22-14-21(25-17(4)26-22)23(28)24-16(3)18-8-6-5-7-9-18/h5-16H,1-4H3,(H,24,28)(H,25,26,27). The van der Waals surface area contributed by atoms with Crippen LogP contribution in [0.3, 0.4) is 0 Å². The summed E-state index contributed by atoms with van der Waals surface area (Å²) in [5, 5.41) is 6.20. The predicted octanol–water partition coefficient (Wildman–Crippen LogP) is 4.81. The molecule has 2 N–H and O–H groups in total. The number of hydrogen-bond donors (Lipinski definition) is 2. The van der Waals surface area contributed by atoms with Crippen LogP contribution in [-0.2, 0) is 0 Å². The number of nitrogens with one attached hydrogen (secondary N) is 2. The van der Waals surface area contributed by atoms with Crippen molar-refractivity contribution >= 4 is 17.4 Å². The molecule has 0 spiro atoms. The lowest BCUT2D eigenvalue weighted by Crippen LogP contribution is -2.27. The van der Waals surface area contributed by atoms with Crippen molar-refractivity contribution in [1.29, 1.82) is 0 Å². The van der Waals surface area contributed by atoms with Crippen LogP contribution in [0.4, 0.5) is 11.5 Å². The molecular weight excluding hydrogens is 364 g/mol. The number of rotatable bonds is 7. The maximum absolute atomic E-state index is 12.7. The van der Waals surface area contributed by atoms with Gasteiger partial charge in [-0.2, -0.15) is 0 Å². The van der Waals surface area contributed by atoms with E-state index in [4.69, 9.17) is 4.74 Å². The van der Waals surface area contributed by atoms with Crippen LogP contribution in [-0.4, -0.2) is 22.0 Å². The minimum absolute atomic E-state index is 0.121. The number of nitrogens with zero attached hydrogens (tertiary/aromatic N) is 2. The molecule has 0 radical (unpaired) electrons. The van der Waals surface area contributed by atoms with E-state index in [9.17, 15) is 4.79 Å². The third-order valence-corrected chi connectivity index (χ3v) is 4.22. The van der Waals surface area contributed by atoms with Crippen LogP contribution in [0.5, 0.6) is 5.75 Å². The van der Waals surface area contributed by atoms with E-state index in [-0.39, 0.29) is 18.1 Å². The van der Waals surface area contributed by atoms with Gasteiger partial charge in [-0.3, -0.25) is 4.79 Å². The third-order valence-electron chi connectivity index (χ3n) is 4.22. The van der Waals surface area contributed by atoms with Crippen LogP contribution in [0.1, 0.15) is 48.7 Å². The largest absolute Gasteiger partial charge is 0.491 e. The molecule has 1 unspecified atom stereocenters. The predicted molar refractivity (Wildman–Crippen MR) is 115 cm³/mol. The molecule has 1 heterocycles. The minimum atomic E-state index is -0.240. The summed E-state index contributed by atoms with van der Waals surface area (Å²) in [5.74, 6) is 1.65. The Labute approximate surface area is 171 Å². The Morgan fingerprint density at radius 1 is 0.966 bits per heavy atom. The first-order valence-corrected chi connectivity index (χ1v) is 9.66. The fourth-order valence-electron chi connectivity index (χ4n) is 2.88. The summed E-state index contributed by atoms with van der Waals surface area (Å²) in [6.07, 6.45) is 0.123. The molecule has 0 aliphatic rings. The van der Waals surface area contributed by atoms with E-state index in [2.05, 4.69) is 20.6 Å². The van der Waals surface area contributed by atoms with Gasteiger partial charge in [0.1, 0.15) is 23.1 Å². The number of benzene rings is 2. The fourth-order valence-corrected chi connectivity index (χ4v) is 2.88. The van der Waals surface area contributed by atoms with Crippen molar-refractivity contribution in [3.05, 3.63) is 77.7 Å². The molecule has 29 heavy (non-hydrogen) atoms. The van der Waals surface area contributed by atoms with E-state index in [1.807, 2.05) is 75.4 Å². The van der Waals surface area contributed by atoms with Crippen LogP contribution >= 0.6 is 0 Å². The molecule has 2 aromatic carbocycles. The van der Waals surface area contributed by atoms with E-state index in [1.54, 1.807) is 13.0 Å². The molecule has 3 rings (SSSR count). The third kappa shape index (κ3) is 5.78. The molecule has 0 aliphatic heterocycles. The average Bonchev–Trinajstić information content (AvgIpc) is 2.69. The summed E-state index contributed by atoms with van der Waals surface area (Å²) < 4.78 is 5.66. The fraction of sp³-hybridized carbons (Fsp3) is 0.261. The van der Waals surface area contributed by atoms with Gasteiger partial charge in [0.25, 0.3) is 5.91 Å². The first-order valence-electron chi connectivity index (χ1n) is 9.66. The maximum atomic E-state index is 12.7. The van der Waals surface area contributed by atoms with Gasteiger partial charge in [-0.1, -0.05) is 30.3 Å². The van der Waals surface area contributed by atoms with Gasteiger partial charge >= 0.3 is 0 Å². The van der Waals surface area contributed by atoms with Gasteiger partial charge < -0.3 is 15.4 Å². The second-order valence-electron chi connectivity index (χ2n) is 7.11. The number of aryl methyl sites for hydroxylation is 1. The molecule has 6 nitrogen and oxygen atoms in total. The highest BCUT2D eigenvalue weighted by molar-refractivity contribution is 5.93. The van der Waals surface area contributed by atoms with Gasteiger partial charge in [-0.05, 0) is 57.5 Å². The van der Waals surface area contributed by atoms with Crippen LogP contribution in [0, 0.1) is 6.92 Å². The van der Waals surface area contributed by atoms with Crippen molar-refractivity contribution in [2.75, 3.05) is 5.32 Å². The van der Waals surface area contributed by atoms with E-state index in [0.717, 1.165) is 17.0 Å². The highest BCUT2D eigenvalue weighted by Gasteiger charge is 2.14. The number of carbonyl (C=O) groups is 1. The Balaban J connectivity index is 1.71. The van der Waals surface area contributed by atoms with Gasteiger partial charge in [0, 0.05) is 11.8 Å². The Morgan fingerprint density at radius 2 is 1.66 bits per heavy atom. The molecule has 150 valence electrons. The average molecular weight is 390 g/mol. The Bertz CT molecular complexity index is 956. The summed E-state index contributed by atoms with van der Waals surface area (Å²) in [7, 11) is 0. The summed E-state index contributed by atoms with van der Waals surface area (Å²) in [5.41, 5.74) is 2.21. The second-order valence-corrected chi connectivity index (χ2v) is 7.11. The highest BCUT2D eigenvalue weighted by Crippen LogP contribution is 2.20. The smallest absolute Gasteiger partial charge is 0.270 e. The van der Waals surface area contributed by atoms with Crippen molar-refractivity contribution in [1.82, 2.24) is 15.3 Å².